The van der Waals surface area contributed by atoms with Gasteiger partial charge in [0, 0.05) is 31.7 Å². The summed E-state index contributed by atoms with van der Waals surface area (Å²) in [4.78, 5) is 30.5. The summed E-state index contributed by atoms with van der Waals surface area (Å²) >= 11 is 0. The van der Waals surface area contributed by atoms with Crippen LogP contribution in [-0.2, 0) is 7.05 Å². The summed E-state index contributed by atoms with van der Waals surface area (Å²) in [7, 11) is 1.64. The molecule has 0 atom stereocenters. The van der Waals surface area contributed by atoms with Gasteiger partial charge in [-0.1, -0.05) is 0 Å². The van der Waals surface area contributed by atoms with Crippen LogP contribution in [0.4, 0.5) is 10.1 Å². The fourth-order valence-corrected chi connectivity index (χ4v) is 3.84. The number of benzene rings is 1. The van der Waals surface area contributed by atoms with E-state index in [1.54, 1.807) is 14.0 Å². The third-order valence-corrected chi connectivity index (χ3v) is 5.51. The number of halogens is 1. The molecule has 3 heterocycles. The van der Waals surface area contributed by atoms with Crippen molar-refractivity contribution < 1.29 is 19.4 Å². The second-order valence-corrected chi connectivity index (χ2v) is 7.58. The molecule has 0 amide bonds. The Morgan fingerprint density at radius 2 is 1.96 bits per heavy atom. The van der Waals surface area contributed by atoms with Crippen molar-refractivity contribution in [1.29, 1.82) is 0 Å². The number of aliphatic hydroxyl groups is 1. The first kappa shape index (κ1) is 18.4. The molecule has 8 heteroatoms. The van der Waals surface area contributed by atoms with Crippen LogP contribution in [0.25, 0.3) is 21.8 Å². The molecule has 7 nitrogen and oxygen atoms in total. The highest BCUT2D eigenvalue weighted by Gasteiger charge is 2.30. The van der Waals surface area contributed by atoms with Crippen molar-refractivity contribution in [3.05, 3.63) is 46.1 Å². The van der Waals surface area contributed by atoms with Crippen LogP contribution in [0.15, 0.2) is 29.3 Å². The Balaban J connectivity index is 2.01. The lowest BCUT2D eigenvalue weighted by Crippen LogP contribution is -2.42. The molecule has 4 rings (SSSR count). The van der Waals surface area contributed by atoms with Crippen LogP contribution in [-0.4, -0.2) is 44.4 Å². The van der Waals surface area contributed by atoms with Crippen LogP contribution < -0.4 is 10.3 Å². The molecule has 28 heavy (non-hydrogen) atoms. The first-order valence-corrected chi connectivity index (χ1v) is 9.01. The number of aromatic nitrogens is 2. The molecule has 1 saturated heterocycles. The predicted molar refractivity (Wildman–Crippen MR) is 103 cm³/mol. The van der Waals surface area contributed by atoms with Crippen molar-refractivity contribution in [2.75, 3.05) is 18.0 Å². The van der Waals surface area contributed by atoms with Crippen LogP contribution >= 0.6 is 0 Å². The lowest BCUT2D eigenvalue weighted by molar-refractivity contribution is 0.0350. The number of hydrogen-bond donors (Lipinski definition) is 2. The predicted octanol–water partition coefficient (Wildman–Crippen LogP) is 2.28. The molecule has 1 aliphatic rings. The third kappa shape index (κ3) is 2.80. The third-order valence-electron chi connectivity index (χ3n) is 5.51. The highest BCUT2D eigenvalue weighted by atomic mass is 19.1. The Morgan fingerprint density at radius 1 is 1.29 bits per heavy atom. The zero-order valence-electron chi connectivity index (χ0n) is 15.6. The Bertz CT molecular complexity index is 1180. The summed E-state index contributed by atoms with van der Waals surface area (Å²) < 4.78 is 16.3. The molecule has 0 radical (unpaired) electrons. The van der Waals surface area contributed by atoms with Gasteiger partial charge in [-0.05, 0) is 31.9 Å². The minimum absolute atomic E-state index is 0.206. The summed E-state index contributed by atoms with van der Waals surface area (Å²) in [5, 5.41) is 20.1. The number of carbonyl (C=O) groups is 1. The molecule has 1 aliphatic heterocycles. The van der Waals surface area contributed by atoms with Gasteiger partial charge in [-0.15, -0.1) is 0 Å². The van der Waals surface area contributed by atoms with Gasteiger partial charge in [0.25, 0.3) is 0 Å². The molecule has 1 fully saturated rings. The number of carboxylic acid groups (broad SMARTS) is 1. The molecule has 0 bridgehead atoms. The second-order valence-electron chi connectivity index (χ2n) is 7.58. The van der Waals surface area contributed by atoms with Crippen LogP contribution in [0.5, 0.6) is 0 Å². The molecule has 146 valence electrons. The zero-order chi connectivity index (χ0) is 20.2. The maximum Gasteiger partial charge on any atom is 0.341 e. The summed E-state index contributed by atoms with van der Waals surface area (Å²) in [6.07, 6.45) is 3.70. The average Bonchev–Trinajstić information content (AvgIpc) is 2.64. The van der Waals surface area contributed by atoms with Crippen molar-refractivity contribution in [2.45, 2.75) is 25.4 Å². The lowest BCUT2D eigenvalue weighted by Gasteiger charge is -2.37. The molecule has 0 saturated carbocycles. The maximum atomic E-state index is 14.8. The average molecular weight is 385 g/mol. The normalized spacial score (nSPS) is 16.6. The number of rotatable bonds is 2. The van der Waals surface area contributed by atoms with Gasteiger partial charge in [0.1, 0.15) is 11.4 Å². The van der Waals surface area contributed by atoms with E-state index in [0.29, 0.717) is 42.4 Å². The van der Waals surface area contributed by atoms with E-state index in [1.807, 2.05) is 4.90 Å². The Labute approximate surface area is 159 Å². The molecule has 3 aromatic rings. The summed E-state index contributed by atoms with van der Waals surface area (Å²) in [5.74, 6) is -1.78. The quantitative estimate of drug-likeness (QED) is 0.657. The topological polar surface area (TPSA) is 95.7 Å². The molecular formula is C20H20FN3O4. The zero-order valence-corrected chi connectivity index (χ0v) is 15.6. The van der Waals surface area contributed by atoms with E-state index in [1.165, 1.54) is 29.1 Å². The van der Waals surface area contributed by atoms with Gasteiger partial charge < -0.3 is 19.7 Å². The first-order chi connectivity index (χ1) is 13.2. The molecule has 0 aliphatic carbocycles. The van der Waals surface area contributed by atoms with E-state index >= 15 is 0 Å². The van der Waals surface area contributed by atoms with Crippen LogP contribution in [0.1, 0.15) is 30.1 Å². The Morgan fingerprint density at radius 3 is 2.61 bits per heavy atom. The summed E-state index contributed by atoms with van der Waals surface area (Å²) in [5.41, 5.74) is -0.688. The highest BCUT2D eigenvalue weighted by molar-refractivity contribution is 6.09. The van der Waals surface area contributed by atoms with E-state index in [0.717, 1.165) is 0 Å². The van der Waals surface area contributed by atoms with Gasteiger partial charge in [-0.25, -0.2) is 9.18 Å². The van der Waals surface area contributed by atoms with E-state index in [9.17, 15) is 24.2 Å². The van der Waals surface area contributed by atoms with Gasteiger partial charge in [0.05, 0.1) is 33.9 Å². The van der Waals surface area contributed by atoms with Gasteiger partial charge in [0.2, 0.25) is 5.43 Å². The van der Waals surface area contributed by atoms with Crippen molar-refractivity contribution in [1.82, 2.24) is 9.55 Å². The summed E-state index contributed by atoms with van der Waals surface area (Å²) in [6, 6.07) is 2.75. The smallest absolute Gasteiger partial charge is 0.341 e. The number of pyridine rings is 2. The molecule has 0 spiro atoms. The second kappa shape index (κ2) is 6.27. The number of anilines is 1. The molecule has 0 unspecified atom stereocenters. The minimum atomic E-state index is -1.31. The largest absolute Gasteiger partial charge is 0.477 e. The Hall–Kier alpha value is -3.00. The number of carboxylic acids is 1. The number of piperidine rings is 1. The van der Waals surface area contributed by atoms with Crippen molar-refractivity contribution in [3.63, 3.8) is 0 Å². The highest BCUT2D eigenvalue weighted by Crippen LogP contribution is 2.34. The summed E-state index contributed by atoms with van der Waals surface area (Å²) in [6.45, 7) is 2.67. The van der Waals surface area contributed by atoms with E-state index in [4.69, 9.17) is 0 Å². The van der Waals surface area contributed by atoms with Crippen LogP contribution in [0.3, 0.4) is 0 Å². The number of aryl methyl sites for hydroxylation is 1. The lowest BCUT2D eigenvalue weighted by atomic mass is 9.93. The molecular weight excluding hydrogens is 365 g/mol. The monoisotopic (exact) mass is 385 g/mol. The number of fused-ring (bicyclic) bond motifs is 3. The van der Waals surface area contributed by atoms with E-state index in [-0.39, 0.29) is 16.6 Å². The minimum Gasteiger partial charge on any atom is -0.477 e. The fraction of sp³-hybridized carbons (Fsp3) is 0.350. The fourth-order valence-electron chi connectivity index (χ4n) is 3.84. The molecule has 2 N–H and O–H groups in total. The number of nitrogens with zero attached hydrogens (tertiary/aromatic N) is 3. The van der Waals surface area contributed by atoms with Gasteiger partial charge in [-0.3, -0.25) is 9.78 Å². The van der Waals surface area contributed by atoms with Crippen molar-refractivity contribution in [2.24, 2.45) is 7.05 Å². The number of hydrogen-bond acceptors (Lipinski definition) is 5. The van der Waals surface area contributed by atoms with Gasteiger partial charge >= 0.3 is 5.97 Å². The van der Waals surface area contributed by atoms with Crippen molar-refractivity contribution in [3.8, 4) is 0 Å². The van der Waals surface area contributed by atoms with Crippen LogP contribution in [0, 0.1) is 5.82 Å². The van der Waals surface area contributed by atoms with E-state index in [2.05, 4.69) is 4.98 Å². The SMILES string of the molecule is Cn1cc(C(=O)O)c(=O)c2c3ccc(F)c(N4CCC(C)(O)CC4)c3ncc21. The maximum absolute atomic E-state index is 14.8. The van der Waals surface area contributed by atoms with Gasteiger partial charge in [0.15, 0.2) is 0 Å². The molecule has 2 aromatic heterocycles. The van der Waals surface area contributed by atoms with E-state index < -0.39 is 22.8 Å². The first-order valence-electron chi connectivity index (χ1n) is 9.01. The van der Waals surface area contributed by atoms with Gasteiger partial charge in [-0.2, -0.15) is 0 Å². The molecule has 1 aromatic carbocycles. The standard InChI is InChI=1S/C20H20FN3O4/c1-20(28)5-7-24(8-6-20)17-13(21)4-3-11-15-14(9-22-16(11)17)23(2)10-12(18(15)25)19(26)27/h3-4,9-10,28H,5-8H2,1-2H3,(H,26,27). The van der Waals surface area contributed by atoms with Crippen LogP contribution in [0.2, 0.25) is 0 Å². The van der Waals surface area contributed by atoms with Crippen molar-refractivity contribution >= 4 is 33.5 Å². The number of aromatic carboxylic acids is 1. The Kier molecular flexibility index (Phi) is 4.11.